The van der Waals surface area contributed by atoms with Crippen LogP contribution in [0.3, 0.4) is 0 Å². The lowest BCUT2D eigenvalue weighted by atomic mass is 9.75. The van der Waals surface area contributed by atoms with E-state index in [0.29, 0.717) is 18.9 Å². The van der Waals surface area contributed by atoms with Crippen LogP contribution in [0.25, 0.3) is 0 Å². The molecule has 3 rings (SSSR count). The van der Waals surface area contributed by atoms with Gasteiger partial charge in [-0.05, 0) is 25.7 Å². The highest BCUT2D eigenvalue weighted by Crippen LogP contribution is 2.33. The molecule has 20 heavy (non-hydrogen) atoms. The summed E-state index contributed by atoms with van der Waals surface area (Å²) in [5, 5.41) is 6.95. The van der Waals surface area contributed by atoms with Crippen LogP contribution < -0.4 is 5.73 Å². The number of aromatic nitrogens is 3. The molecule has 0 radical (unpaired) electrons. The van der Waals surface area contributed by atoms with Crippen molar-refractivity contribution in [2.45, 2.75) is 50.5 Å². The molecule has 0 unspecified atom stereocenters. The van der Waals surface area contributed by atoms with E-state index >= 15 is 0 Å². The second kappa shape index (κ2) is 4.70. The van der Waals surface area contributed by atoms with Crippen LogP contribution in [0.4, 0.5) is 13.2 Å². The Morgan fingerprint density at radius 1 is 1.20 bits per heavy atom. The third-order valence-corrected chi connectivity index (χ3v) is 4.36. The minimum atomic E-state index is -4.43. The first-order chi connectivity index (χ1) is 9.37. The van der Waals surface area contributed by atoms with Gasteiger partial charge >= 0.3 is 6.18 Å². The van der Waals surface area contributed by atoms with Crippen molar-refractivity contribution in [1.82, 2.24) is 19.7 Å². The van der Waals surface area contributed by atoms with Crippen LogP contribution in [0.1, 0.15) is 37.3 Å². The highest BCUT2D eigenvalue weighted by atomic mass is 19.4. The number of fused-ring (bicyclic) bond motifs is 1. The van der Waals surface area contributed by atoms with Crippen molar-refractivity contribution in [1.29, 1.82) is 0 Å². The van der Waals surface area contributed by atoms with E-state index in [1.54, 1.807) is 0 Å². The van der Waals surface area contributed by atoms with E-state index in [-0.39, 0.29) is 12.1 Å². The van der Waals surface area contributed by atoms with Crippen molar-refractivity contribution < 1.29 is 13.2 Å². The average molecular weight is 289 g/mol. The van der Waals surface area contributed by atoms with Gasteiger partial charge in [-0.25, -0.2) is 0 Å². The zero-order chi connectivity index (χ0) is 14.4. The maximum absolute atomic E-state index is 12.7. The molecule has 0 spiro atoms. The van der Waals surface area contributed by atoms with Crippen molar-refractivity contribution in [3.63, 3.8) is 0 Å². The van der Waals surface area contributed by atoms with Gasteiger partial charge in [0.1, 0.15) is 5.82 Å². The van der Waals surface area contributed by atoms with Crippen LogP contribution >= 0.6 is 0 Å². The number of nitrogens with zero attached hydrogens (tertiary/aromatic N) is 4. The predicted molar refractivity (Wildman–Crippen MR) is 65.7 cm³/mol. The second-order valence-electron chi connectivity index (χ2n) is 5.83. The van der Waals surface area contributed by atoms with E-state index in [1.807, 2.05) is 0 Å². The van der Waals surface area contributed by atoms with E-state index in [1.165, 1.54) is 11.0 Å². The fourth-order valence-electron chi connectivity index (χ4n) is 2.87. The molecule has 0 aromatic carbocycles. The van der Waals surface area contributed by atoms with E-state index in [2.05, 4.69) is 15.1 Å². The predicted octanol–water partition coefficient (Wildman–Crippen LogP) is 1.38. The molecule has 1 saturated carbocycles. The molecule has 2 N–H and O–H groups in total. The first-order valence-electron chi connectivity index (χ1n) is 6.88. The van der Waals surface area contributed by atoms with E-state index in [0.717, 1.165) is 25.8 Å². The Balaban J connectivity index is 1.63. The SMILES string of the molecule is NC1(CCN2CCn3c(nnc3C(F)(F)F)C2)CCC1. The summed E-state index contributed by atoms with van der Waals surface area (Å²) in [5.41, 5.74) is 6.11. The van der Waals surface area contributed by atoms with E-state index < -0.39 is 12.0 Å². The van der Waals surface area contributed by atoms with Crippen LogP contribution in [0, 0.1) is 0 Å². The number of halogens is 3. The Bertz CT molecular complexity index is 492. The summed E-state index contributed by atoms with van der Waals surface area (Å²) in [6, 6.07) is 0. The topological polar surface area (TPSA) is 60.0 Å². The van der Waals surface area contributed by atoms with Crippen molar-refractivity contribution >= 4 is 0 Å². The largest absolute Gasteiger partial charge is 0.451 e. The summed E-state index contributed by atoms with van der Waals surface area (Å²) in [4.78, 5) is 2.11. The molecule has 1 aromatic heterocycles. The molecule has 0 amide bonds. The first-order valence-corrected chi connectivity index (χ1v) is 6.88. The Labute approximate surface area is 114 Å². The Hall–Kier alpha value is -1.15. The molecule has 0 atom stereocenters. The van der Waals surface area contributed by atoms with Crippen LogP contribution in [0.2, 0.25) is 0 Å². The summed E-state index contributed by atoms with van der Waals surface area (Å²) in [6.45, 7) is 2.10. The van der Waals surface area contributed by atoms with Gasteiger partial charge in [0.05, 0.1) is 6.54 Å². The van der Waals surface area contributed by atoms with Gasteiger partial charge in [-0.15, -0.1) is 10.2 Å². The number of alkyl halides is 3. The normalized spacial score (nSPS) is 22.4. The first kappa shape index (κ1) is 13.8. The lowest BCUT2D eigenvalue weighted by Crippen LogP contribution is -2.49. The fraction of sp³-hybridized carbons (Fsp3) is 0.833. The molecule has 1 fully saturated rings. The lowest BCUT2D eigenvalue weighted by molar-refractivity contribution is -0.148. The van der Waals surface area contributed by atoms with Crippen molar-refractivity contribution in [3.8, 4) is 0 Å². The Kier molecular flexibility index (Phi) is 3.24. The Morgan fingerprint density at radius 2 is 1.95 bits per heavy atom. The summed E-state index contributed by atoms with van der Waals surface area (Å²) >= 11 is 0. The Morgan fingerprint density at radius 3 is 2.55 bits per heavy atom. The van der Waals surface area contributed by atoms with Gasteiger partial charge < -0.3 is 10.3 Å². The van der Waals surface area contributed by atoms with Gasteiger partial charge in [0.25, 0.3) is 0 Å². The van der Waals surface area contributed by atoms with Gasteiger partial charge in [0, 0.05) is 25.2 Å². The fourth-order valence-corrected chi connectivity index (χ4v) is 2.87. The van der Waals surface area contributed by atoms with Crippen LogP contribution in [-0.2, 0) is 19.3 Å². The molecule has 1 aromatic rings. The monoisotopic (exact) mass is 289 g/mol. The quantitative estimate of drug-likeness (QED) is 0.913. The number of rotatable bonds is 3. The minimum Gasteiger partial charge on any atom is -0.325 e. The van der Waals surface area contributed by atoms with Crippen LogP contribution in [0.5, 0.6) is 0 Å². The van der Waals surface area contributed by atoms with Gasteiger partial charge in [0.15, 0.2) is 0 Å². The van der Waals surface area contributed by atoms with Crippen molar-refractivity contribution in [3.05, 3.63) is 11.6 Å². The van der Waals surface area contributed by atoms with Crippen LogP contribution in [-0.4, -0.2) is 38.3 Å². The van der Waals surface area contributed by atoms with Gasteiger partial charge in [-0.3, -0.25) is 4.90 Å². The summed E-state index contributed by atoms with van der Waals surface area (Å²) in [5.74, 6) is -0.496. The summed E-state index contributed by atoms with van der Waals surface area (Å²) in [6.07, 6.45) is -0.252. The summed E-state index contributed by atoms with van der Waals surface area (Å²) < 4.78 is 39.3. The minimum absolute atomic E-state index is 0.0533. The third kappa shape index (κ3) is 2.54. The smallest absolute Gasteiger partial charge is 0.325 e. The second-order valence-corrected chi connectivity index (χ2v) is 5.83. The standard InChI is InChI=1S/C12H18F3N5/c13-12(14,15)10-18-17-9-8-19(6-7-20(9)10)5-4-11(16)2-1-3-11/h1-8,16H2. The molecule has 112 valence electrons. The molecular formula is C12H18F3N5. The zero-order valence-corrected chi connectivity index (χ0v) is 11.2. The van der Waals surface area contributed by atoms with Gasteiger partial charge in [0.2, 0.25) is 5.82 Å². The lowest BCUT2D eigenvalue weighted by Gasteiger charge is -2.40. The van der Waals surface area contributed by atoms with Gasteiger partial charge in [-0.2, -0.15) is 13.2 Å². The molecule has 2 heterocycles. The van der Waals surface area contributed by atoms with Crippen LogP contribution in [0.15, 0.2) is 0 Å². The van der Waals surface area contributed by atoms with Crippen molar-refractivity contribution in [2.24, 2.45) is 5.73 Å². The molecule has 2 aliphatic rings. The highest BCUT2D eigenvalue weighted by molar-refractivity contribution is 5.02. The maximum atomic E-state index is 12.7. The number of nitrogens with two attached hydrogens (primary N) is 1. The van der Waals surface area contributed by atoms with Gasteiger partial charge in [-0.1, -0.05) is 0 Å². The van der Waals surface area contributed by atoms with E-state index in [4.69, 9.17) is 5.73 Å². The molecule has 1 aliphatic heterocycles. The van der Waals surface area contributed by atoms with E-state index in [9.17, 15) is 13.2 Å². The highest BCUT2D eigenvalue weighted by Gasteiger charge is 2.39. The molecule has 0 saturated heterocycles. The molecule has 1 aliphatic carbocycles. The molecular weight excluding hydrogens is 271 g/mol. The number of hydrogen-bond donors (Lipinski definition) is 1. The molecule has 8 heteroatoms. The zero-order valence-electron chi connectivity index (χ0n) is 11.2. The average Bonchev–Trinajstić information content (AvgIpc) is 2.76. The van der Waals surface area contributed by atoms with Crippen molar-refractivity contribution in [2.75, 3.05) is 13.1 Å². The third-order valence-electron chi connectivity index (χ3n) is 4.36. The maximum Gasteiger partial charge on any atom is 0.451 e. The molecule has 5 nitrogen and oxygen atoms in total. The molecule has 0 bridgehead atoms. The summed E-state index contributed by atoms with van der Waals surface area (Å²) in [7, 11) is 0. The number of hydrogen-bond acceptors (Lipinski definition) is 4.